The molecular formula is C38H54FN5. The number of benzene rings is 2. The van der Waals surface area contributed by atoms with Crippen LogP contribution in [0, 0.1) is 19.7 Å². The van der Waals surface area contributed by atoms with Crippen molar-refractivity contribution in [3.8, 4) is 0 Å². The Labute approximate surface area is 266 Å². The van der Waals surface area contributed by atoms with Crippen LogP contribution in [-0.4, -0.2) is 67.9 Å². The number of nitrogens with zero attached hydrogens (tertiary/aromatic N) is 3. The van der Waals surface area contributed by atoms with Gasteiger partial charge in [0.15, 0.2) is 0 Å². The Balaban J connectivity index is 1.55. The molecule has 0 saturated carbocycles. The van der Waals surface area contributed by atoms with Crippen LogP contribution in [0.25, 0.3) is 5.57 Å². The van der Waals surface area contributed by atoms with Crippen molar-refractivity contribution < 1.29 is 4.39 Å². The van der Waals surface area contributed by atoms with E-state index in [0.717, 1.165) is 81.2 Å². The number of halogens is 1. The number of piperidine rings is 1. The fraction of sp³-hybridized carbons (Fsp3) is 0.447. The van der Waals surface area contributed by atoms with Crippen LogP contribution in [0.3, 0.4) is 0 Å². The van der Waals surface area contributed by atoms with Crippen molar-refractivity contribution in [3.63, 3.8) is 0 Å². The molecule has 1 atom stereocenters. The molecule has 238 valence electrons. The fourth-order valence-electron chi connectivity index (χ4n) is 5.86. The number of hydrogen-bond donors (Lipinski definition) is 2. The highest BCUT2D eigenvalue weighted by Crippen LogP contribution is 2.23. The lowest BCUT2D eigenvalue weighted by molar-refractivity contribution is 0.201. The second kappa shape index (κ2) is 17.7. The van der Waals surface area contributed by atoms with E-state index in [0.29, 0.717) is 6.04 Å². The number of aliphatic imine (C=N–C) groups is 1. The minimum atomic E-state index is -0.180. The Bertz CT molecular complexity index is 1320. The van der Waals surface area contributed by atoms with Gasteiger partial charge < -0.3 is 20.4 Å². The first-order valence-electron chi connectivity index (χ1n) is 16.0. The topological polar surface area (TPSA) is 42.9 Å². The molecule has 3 rings (SSSR count). The van der Waals surface area contributed by atoms with Gasteiger partial charge in [0.1, 0.15) is 5.82 Å². The van der Waals surface area contributed by atoms with E-state index in [2.05, 4.69) is 77.8 Å². The van der Waals surface area contributed by atoms with Gasteiger partial charge in [0.05, 0.1) is 11.4 Å². The highest BCUT2D eigenvalue weighted by atomic mass is 19.1. The van der Waals surface area contributed by atoms with E-state index < -0.39 is 0 Å². The normalized spacial score (nSPS) is 16.1. The zero-order valence-corrected chi connectivity index (χ0v) is 27.9. The maximum atomic E-state index is 13.7. The lowest BCUT2D eigenvalue weighted by Gasteiger charge is -2.34. The van der Waals surface area contributed by atoms with Gasteiger partial charge in [-0.1, -0.05) is 55.1 Å². The molecule has 6 heteroatoms. The summed E-state index contributed by atoms with van der Waals surface area (Å²) in [6.07, 6.45) is 9.25. The average Bonchev–Trinajstić information content (AvgIpc) is 2.99. The zero-order valence-electron chi connectivity index (χ0n) is 27.9. The fourth-order valence-corrected chi connectivity index (χ4v) is 5.86. The van der Waals surface area contributed by atoms with Gasteiger partial charge in [0.2, 0.25) is 0 Å². The quantitative estimate of drug-likeness (QED) is 0.154. The Morgan fingerprint density at radius 3 is 2.45 bits per heavy atom. The predicted octanol–water partition coefficient (Wildman–Crippen LogP) is 7.62. The molecule has 1 aliphatic heterocycles. The van der Waals surface area contributed by atoms with Crippen molar-refractivity contribution in [2.24, 2.45) is 4.99 Å². The van der Waals surface area contributed by atoms with Crippen molar-refractivity contribution in [1.82, 2.24) is 20.4 Å². The molecule has 0 amide bonds. The Kier molecular flexibility index (Phi) is 14.1. The molecule has 0 aromatic heterocycles. The van der Waals surface area contributed by atoms with E-state index in [1.165, 1.54) is 22.3 Å². The second-order valence-electron chi connectivity index (χ2n) is 12.2. The number of likely N-dealkylation sites (tertiary alicyclic amines) is 1. The summed E-state index contributed by atoms with van der Waals surface area (Å²) in [5.41, 5.74) is 8.67. The van der Waals surface area contributed by atoms with Crippen LogP contribution in [0.15, 0.2) is 90.4 Å². The monoisotopic (exact) mass is 599 g/mol. The average molecular weight is 600 g/mol. The molecule has 5 nitrogen and oxygen atoms in total. The summed E-state index contributed by atoms with van der Waals surface area (Å²) in [6, 6.07) is 14.2. The third kappa shape index (κ3) is 10.9. The van der Waals surface area contributed by atoms with Crippen LogP contribution < -0.4 is 10.6 Å². The smallest absolute Gasteiger partial charge is 0.123 e. The van der Waals surface area contributed by atoms with Crippen LogP contribution in [0.5, 0.6) is 0 Å². The van der Waals surface area contributed by atoms with Gasteiger partial charge in [-0.15, -0.1) is 0 Å². The first-order valence-corrected chi connectivity index (χ1v) is 16.0. The molecule has 44 heavy (non-hydrogen) atoms. The lowest BCUT2D eigenvalue weighted by Crippen LogP contribution is -2.44. The Hall–Kier alpha value is -3.48. The second-order valence-corrected chi connectivity index (χ2v) is 12.2. The van der Waals surface area contributed by atoms with Gasteiger partial charge in [-0.05, 0) is 114 Å². The molecule has 0 bridgehead atoms. The molecule has 2 aromatic rings. The van der Waals surface area contributed by atoms with E-state index in [4.69, 9.17) is 4.99 Å². The molecule has 1 unspecified atom stereocenters. The summed E-state index contributed by atoms with van der Waals surface area (Å²) in [5, 5.41) is 7.57. The molecule has 1 heterocycles. The molecule has 1 saturated heterocycles. The molecule has 2 aromatic carbocycles. The van der Waals surface area contributed by atoms with Crippen molar-refractivity contribution in [2.45, 2.75) is 65.8 Å². The zero-order chi connectivity index (χ0) is 32.1. The van der Waals surface area contributed by atoms with Gasteiger partial charge in [0, 0.05) is 50.9 Å². The molecule has 1 fully saturated rings. The highest BCUT2D eigenvalue weighted by Gasteiger charge is 2.22. The number of likely N-dealkylation sites (N-methyl/N-ethyl adjacent to an activating group) is 1. The van der Waals surface area contributed by atoms with Crippen molar-refractivity contribution >= 4 is 11.3 Å². The minimum absolute atomic E-state index is 0.180. The van der Waals surface area contributed by atoms with Crippen LogP contribution in [0.2, 0.25) is 0 Å². The van der Waals surface area contributed by atoms with Gasteiger partial charge in [-0.3, -0.25) is 4.99 Å². The Morgan fingerprint density at radius 2 is 1.84 bits per heavy atom. The third-order valence-corrected chi connectivity index (χ3v) is 8.40. The van der Waals surface area contributed by atoms with Gasteiger partial charge >= 0.3 is 0 Å². The number of aryl methyl sites for hydroxylation is 2. The predicted molar refractivity (Wildman–Crippen MR) is 188 cm³/mol. The van der Waals surface area contributed by atoms with Gasteiger partial charge in [0.25, 0.3) is 0 Å². The molecule has 0 aliphatic carbocycles. The highest BCUT2D eigenvalue weighted by molar-refractivity contribution is 6.12. The largest absolute Gasteiger partial charge is 0.380 e. The van der Waals surface area contributed by atoms with E-state index in [9.17, 15) is 4.39 Å². The van der Waals surface area contributed by atoms with Crippen molar-refractivity contribution in [2.75, 3.05) is 46.3 Å². The number of rotatable bonds is 16. The molecule has 0 radical (unpaired) electrons. The van der Waals surface area contributed by atoms with Crippen LogP contribution >= 0.6 is 0 Å². The van der Waals surface area contributed by atoms with Gasteiger partial charge in [-0.25, -0.2) is 4.39 Å². The maximum Gasteiger partial charge on any atom is 0.123 e. The first kappa shape index (κ1) is 35.0. The van der Waals surface area contributed by atoms with E-state index in [-0.39, 0.29) is 11.7 Å². The SMILES string of the molecule is C=CN(C)CC(CNCCCN1CCC(N/C(C(/C=C\C)=NC(=C)C)=C(\C)c2ccc(C)cc2)CC1)c1ccc(F)cc1C. The van der Waals surface area contributed by atoms with Crippen molar-refractivity contribution in [1.29, 1.82) is 0 Å². The summed E-state index contributed by atoms with van der Waals surface area (Å²) in [5.74, 6) is 0.0905. The summed E-state index contributed by atoms with van der Waals surface area (Å²) in [7, 11) is 2.04. The van der Waals surface area contributed by atoms with E-state index in [1.54, 1.807) is 12.1 Å². The lowest BCUT2D eigenvalue weighted by atomic mass is 9.94. The minimum Gasteiger partial charge on any atom is -0.380 e. The molecule has 1 aliphatic rings. The van der Waals surface area contributed by atoms with E-state index in [1.807, 2.05) is 46.2 Å². The first-order chi connectivity index (χ1) is 21.1. The number of hydrogen-bond acceptors (Lipinski definition) is 5. The van der Waals surface area contributed by atoms with Crippen molar-refractivity contribution in [3.05, 3.63) is 113 Å². The van der Waals surface area contributed by atoms with E-state index >= 15 is 0 Å². The molecule has 0 spiro atoms. The summed E-state index contributed by atoms with van der Waals surface area (Å²) in [4.78, 5) is 9.48. The van der Waals surface area contributed by atoms with Crippen LogP contribution in [-0.2, 0) is 0 Å². The summed E-state index contributed by atoms with van der Waals surface area (Å²) >= 11 is 0. The standard InChI is InChI=1S/C38H54FN5/c1-9-12-37(41-28(3)4)38(31(7)32-15-13-29(5)14-16-32)42-35-19-23-44(24-20-35)22-11-21-40-26-33(27-43(8)10-2)36-18-17-34(39)25-30(36)6/h9-10,12-18,25,33,35,40,42H,2-3,11,19-24,26-27H2,1,4-8H3/b12-9-,38-31+,41-37?. The van der Waals surface area contributed by atoms with Crippen LogP contribution in [0.1, 0.15) is 68.2 Å². The summed E-state index contributed by atoms with van der Waals surface area (Å²) < 4.78 is 13.7. The maximum absolute atomic E-state index is 13.7. The van der Waals surface area contributed by atoms with Crippen LogP contribution in [0.4, 0.5) is 4.39 Å². The molecule has 2 N–H and O–H groups in total. The van der Waals surface area contributed by atoms with Gasteiger partial charge in [-0.2, -0.15) is 0 Å². The number of allylic oxidation sites excluding steroid dienone is 4. The summed E-state index contributed by atoms with van der Waals surface area (Å²) in [6.45, 7) is 24.1. The third-order valence-electron chi connectivity index (χ3n) is 8.40. The number of nitrogens with one attached hydrogen (secondary N) is 2. The molecular weight excluding hydrogens is 545 g/mol. The Morgan fingerprint density at radius 1 is 1.14 bits per heavy atom.